The van der Waals surface area contributed by atoms with Crippen molar-refractivity contribution in [3.63, 3.8) is 0 Å². The average Bonchev–Trinajstić information content (AvgIpc) is 2.71. The number of carbonyl (C=O) groups excluding carboxylic acids is 2. The zero-order valence-corrected chi connectivity index (χ0v) is 16.9. The van der Waals surface area contributed by atoms with Gasteiger partial charge in [-0.05, 0) is 54.4 Å². The van der Waals surface area contributed by atoms with Gasteiger partial charge in [-0.3, -0.25) is 0 Å². The summed E-state index contributed by atoms with van der Waals surface area (Å²) < 4.78 is 11.5. The van der Waals surface area contributed by atoms with Crippen molar-refractivity contribution < 1.29 is 19.1 Å². The van der Waals surface area contributed by atoms with Crippen LogP contribution in [0.15, 0.2) is 77.3 Å². The van der Waals surface area contributed by atoms with E-state index in [0.717, 1.165) is 15.6 Å². The lowest BCUT2D eigenvalue weighted by atomic mass is 10.1. The summed E-state index contributed by atoms with van der Waals surface area (Å²) in [7, 11) is 0. The van der Waals surface area contributed by atoms with E-state index in [-0.39, 0.29) is 0 Å². The van der Waals surface area contributed by atoms with E-state index in [0.29, 0.717) is 29.9 Å². The molecule has 0 radical (unpaired) electrons. The Hall–Kier alpha value is -2.92. The van der Waals surface area contributed by atoms with Crippen molar-refractivity contribution in [2.75, 3.05) is 6.61 Å². The normalized spacial score (nSPS) is 10.4. The molecular weight excluding hydrogens is 420 g/mol. The molecule has 0 spiro atoms. The van der Waals surface area contributed by atoms with Crippen LogP contribution in [0.3, 0.4) is 0 Å². The number of esters is 2. The first-order valence-corrected chi connectivity index (χ1v) is 9.61. The van der Waals surface area contributed by atoms with Gasteiger partial charge in [-0.25, -0.2) is 9.59 Å². The van der Waals surface area contributed by atoms with Crippen LogP contribution in [0.4, 0.5) is 0 Å². The number of rotatable bonds is 6. The van der Waals surface area contributed by atoms with E-state index in [1.165, 1.54) is 0 Å². The number of hydrogen-bond acceptors (Lipinski definition) is 4. The molecule has 0 saturated carbocycles. The van der Waals surface area contributed by atoms with Crippen LogP contribution in [0.25, 0.3) is 0 Å². The summed E-state index contributed by atoms with van der Waals surface area (Å²) in [5.74, 6) is -0.502. The Balaban J connectivity index is 1.54. The number of hydrogen-bond donors (Lipinski definition) is 0. The van der Waals surface area contributed by atoms with E-state index in [2.05, 4.69) is 15.9 Å². The molecule has 0 bridgehead atoms. The predicted molar refractivity (Wildman–Crippen MR) is 111 cm³/mol. The molecular formula is C23H19BrO4. The van der Waals surface area contributed by atoms with E-state index in [4.69, 9.17) is 9.47 Å². The first kappa shape index (κ1) is 19.8. The molecule has 0 saturated heterocycles. The lowest BCUT2D eigenvalue weighted by Gasteiger charge is -2.08. The molecule has 0 heterocycles. The number of halogens is 1. The summed E-state index contributed by atoms with van der Waals surface area (Å²) in [6.07, 6.45) is 0.661. The summed E-state index contributed by atoms with van der Waals surface area (Å²) in [4.78, 5) is 24.4. The largest absolute Gasteiger partial charge is 0.462 e. The Kier molecular flexibility index (Phi) is 6.61. The van der Waals surface area contributed by atoms with E-state index >= 15 is 0 Å². The molecule has 3 rings (SSSR count). The third-order valence-electron chi connectivity index (χ3n) is 4.17. The molecule has 0 N–H and O–H groups in total. The van der Waals surface area contributed by atoms with Crippen LogP contribution in [0.1, 0.15) is 31.8 Å². The molecule has 0 unspecified atom stereocenters. The molecule has 3 aromatic rings. The van der Waals surface area contributed by atoms with Crippen molar-refractivity contribution in [1.82, 2.24) is 0 Å². The Morgan fingerprint density at radius 1 is 0.857 bits per heavy atom. The molecule has 0 amide bonds. The van der Waals surface area contributed by atoms with Crippen molar-refractivity contribution in [2.45, 2.75) is 13.3 Å². The summed E-state index contributed by atoms with van der Waals surface area (Å²) in [6.45, 7) is 2.25. The van der Waals surface area contributed by atoms with Gasteiger partial charge in [0.05, 0.1) is 17.7 Å². The van der Waals surface area contributed by atoms with Crippen LogP contribution >= 0.6 is 15.9 Å². The number of benzene rings is 3. The first-order valence-electron chi connectivity index (χ1n) is 8.82. The Morgan fingerprint density at radius 3 is 2.21 bits per heavy atom. The molecule has 4 nitrogen and oxygen atoms in total. The number of ether oxygens (including phenoxy) is 2. The maximum absolute atomic E-state index is 12.2. The number of aryl methyl sites for hydroxylation is 1. The zero-order valence-electron chi connectivity index (χ0n) is 15.4. The van der Waals surface area contributed by atoms with Crippen LogP contribution in [-0.4, -0.2) is 18.5 Å². The molecule has 0 atom stereocenters. The third kappa shape index (κ3) is 5.30. The van der Waals surface area contributed by atoms with Crippen LogP contribution < -0.4 is 4.74 Å². The SMILES string of the molecule is Cc1ccc(C(=O)Oc2ccc(C(=O)OCCc3ccccc3)cc2)cc1Br. The zero-order chi connectivity index (χ0) is 19.9. The molecule has 0 aliphatic rings. The molecule has 0 fully saturated rings. The van der Waals surface area contributed by atoms with Gasteiger partial charge in [0.25, 0.3) is 0 Å². The second kappa shape index (κ2) is 9.33. The van der Waals surface area contributed by atoms with E-state index in [9.17, 15) is 9.59 Å². The van der Waals surface area contributed by atoms with Gasteiger partial charge in [-0.1, -0.05) is 52.3 Å². The molecule has 0 aliphatic carbocycles. The Bertz CT molecular complexity index is 966. The van der Waals surface area contributed by atoms with Crippen LogP contribution in [0.5, 0.6) is 5.75 Å². The van der Waals surface area contributed by atoms with Crippen molar-refractivity contribution in [1.29, 1.82) is 0 Å². The van der Waals surface area contributed by atoms with Gasteiger partial charge in [0, 0.05) is 10.9 Å². The highest BCUT2D eigenvalue weighted by atomic mass is 79.9. The quantitative estimate of drug-likeness (QED) is 0.383. The van der Waals surface area contributed by atoms with Crippen molar-refractivity contribution in [2.24, 2.45) is 0 Å². The maximum Gasteiger partial charge on any atom is 0.343 e. The molecule has 3 aromatic carbocycles. The second-order valence-corrected chi connectivity index (χ2v) is 7.10. The van der Waals surface area contributed by atoms with Gasteiger partial charge in [0.2, 0.25) is 0 Å². The fourth-order valence-corrected chi connectivity index (χ4v) is 2.91. The second-order valence-electron chi connectivity index (χ2n) is 6.25. The topological polar surface area (TPSA) is 52.6 Å². The standard InChI is InChI=1S/C23H19BrO4/c1-16-7-8-19(15-21(16)24)23(26)28-20-11-9-18(10-12-20)22(25)27-14-13-17-5-3-2-4-6-17/h2-12,15H,13-14H2,1H3. The van der Waals surface area contributed by atoms with E-state index in [1.54, 1.807) is 36.4 Å². The smallest absolute Gasteiger partial charge is 0.343 e. The Morgan fingerprint density at radius 2 is 1.54 bits per heavy atom. The van der Waals surface area contributed by atoms with Crippen LogP contribution in [0.2, 0.25) is 0 Å². The highest BCUT2D eigenvalue weighted by Gasteiger charge is 2.12. The predicted octanol–water partition coefficient (Wildman–Crippen LogP) is 5.38. The van der Waals surface area contributed by atoms with Crippen molar-refractivity contribution in [3.05, 3.63) is 99.5 Å². The molecule has 142 valence electrons. The molecule has 0 aliphatic heterocycles. The summed E-state index contributed by atoms with van der Waals surface area (Å²) >= 11 is 3.40. The minimum atomic E-state index is -0.459. The van der Waals surface area contributed by atoms with Gasteiger partial charge < -0.3 is 9.47 Å². The highest BCUT2D eigenvalue weighted by molar-refractivity contribution is 9.10. The van der Waals surface area contributed by atoms with Crippen molar-refractivity contribution in [3.8, 4) is 5.75 Å². The molecule has 5 heteroatoms. The monoisotopic (exact) mass is 438 g/mol. The highest BCUT2D eigenvalue weighted by Crippen LogP contribution is 2.20. The van der Waals surface area contributed by atoms with Gasteiger partial charge in [-0.15, -0.1) is 0 Å². The molecule has 28 heavy (non-hydrogen) atoms. The van der Waals surface area contributed by atoms with Gasteiger partial charge in [0.15, 0.2) is 0 Å². The fraction of sp³-hybridized carbons (Fsp3) is 0.130. The van der Waals surface area contributed by atoms with E-state index in [1.807, 2.05) is 43.3 Å². The summed E-state index contributed by atoms with van der Waals surface area (Å²) in [5, 5.41) is 0. The fourth-order valence-electron chi connectivity index (χ4n) is 2.53. The number of carbonyl (C=O) groups is 2. The van der Waals surface area contributed by atoms with Crippen LogP contribution in [0, 0.1) is 6.92 Å². The van der Waals surface area contributed by atoms with Crippen molar-refractivity contribution >= 4 is 27.9 Å². The maximum atomic E-state index is 12.2. The van der Waals surface area contributed by atoms with Crippen LogP contribution in [-0.2, 0) is 11.2 Å². The summed E-state index contributed by atoms with van der Waals surface area (Å²) in [6, 6.07) is 21.4. The minimum absolute atomic E-state index is 0.307. The average molecular weight is 439 g/mol. The molecule has 0 aromatic heterocycles. The van der Waals surface area contributed by atoms with Gasteiger partial charge in [-0.2, -0.15) is 0 Å². The lowest BCUT2D eigenvalue weighted by molar-refractivity contribution is 0.0509. The Labute approximate surface area is 172 Å². The van der Waals surface area contributed by atoms with Gasteiger partial charge >= 0.3 is 11.9 Å². The lowest BCUT2D eigenvalue weighted by Crippen LogP contribution is -2.10. The third-order valence-corrected chi connectivity index (χ3v) is 5.03. The van der Waals surface area contributed by atoms with E-state index < -0.39 is 11.9 Å². The minimum Gasteiger partial charge on any atom is -0.462 e. The van der Waals surface area contributed by atoms with Gasteiger partial charge in [0.1, 0.15) is 5.75 Å². The summed E-state index contributed by atoms with van der Waals surface area (Å²) in [5.41, 5.74) is 3.00. The first-order chi connectivity index (χ1) is 13.5.